The highest BCUT2D eigenvalue weighted by atomic mass is 79.9. The summed E-state index contributed by atoms with van der Waals surface area (Å²) in [4.78, 5) is 1.32. The van der Waals surface area contributed by atoms with E-state index in [0.717, 1.165) is 21.8 Å². The zero-order valence-electron chi connectivity index (χ0n) is 11.8. The van der Waals surface area contributed by atoms with Crippen LogP contribution in [0.3, 0.4) is 0 Å². The van der Waals surface area contributed by atoms with Gasteiger partial charge in [0, 0.05) is 15.4 Å². The van der Waals surface area contributed by atoms with Gasteiger partial charge in [0.2, 0.25) is 0 Å². The average Bonchev–Trinajstić information content (AvgIpc) is 2.57. The molecule has 1 heterocycles. The Morgan fingerprint density at radius 3 is 2.44 bits per heavy atom. The summed E-state index contributed by atoms with van der Waals surface area (Å²) in [7, 11) is 0. The summed E-state index contributed by atoms with van der Waals surface area (Å²) in [6.45, 7) is 12.4. The molecule has 0 amide bonds. The van der Waals surface area contributed by atoms with E-state index in [1.807, 2.05) is 0 Å². The lowest BCUT2D eigenvalue weighted by molar-refractivity contribution is 0.225. The Kier molecular flexibility index (Phi) is 6.17. The topological polar surface area (TPSA) is 12.0 Å². The summed E-state index contributed by atoms with van der Waals surface area (Å²) in [5.74, 6) is 0.654. The fraction of sp³-hybridized carbons (Fsp3) is 0.714. The molecule has 0 saturated heterocycles. The van der Waals surface area contributed by atoms with Crippen LogP contribution in [0.2, 0.25) is 4.34 Å². The first-order valence-corrected chi connectivity index (χ1v) is 8.42. The second-order valence-electron chi connectivity index (χ2n) is 5.88. The molecule has 2 atom stereocenters. The summed E-state index contributed by atoms with van der Waals surface area (Å²) >= 11 is 11.3. The van der Waals surface area contributed by atoms with Crippen LogP contribution in [-0.2, 0) is 0 Å². The minimum atomic E-state index is 0.339. The molecule has 0 aliphatic carbocycles. The summed E-state index contributed by atoms with van der Waals surface area (Å²) < 4.78 is 1.85. The van der Waals surface area contributed by atoms with Crippen molar-refractivity contribution in [3.8, 4) is 0 Å². The molecule has 1 rings (SSSR count). The van der Waals surface area contributed by atoms with E-state index in [0.29, 0.717) is 17.4 Å². The second-order valence-corrected chi connectivity index (χ2v) is 8.42. The molecule has 0 spiro atoms. The van der Waals surface area contributed by atoms with Gasteiger partial charge in [-0.15, -0.1) is 11.3 Å². The molecule has 0 radical (unpaired) electrons. The van der Waals surface area contributed by atoms with E-state index in [4.69, 9.17) is 11.6 Å². The third-order valence-corrected chi connectivity index (χ3v) is 6.11. The third-order valence-electron chi connectivity index (χ3n) is 3.53. The van der Waals surface area contributed by atoms with Crippen molar-refractivity contribution in [2.75, 3.05) is 6.54 Å². The van der Waals surface area contributed by atoms with E-state index < -0.39 is 0 Å². The van der Waals surface area contributed by atoms with Crippen LogP contribution >= 0.6 is 38.9 Å². The van der Waals surface area contributed by atoms with Gasteiger partial charge in [-0.05, 0) is 46.3 Å². The molecule has 0 aromatic carbocycles. The standard InChI is InChI=1S/C14H23BrClNS/c1-6-17-11(7-9(2)14(3,4)5)12-8-10(15)13(16)18-12/h8-9,11,17H,6-7H2,1-5H3. The fourth-order valence-electron chi connectivity index (χ4n) is 1.79. The number of halogens is 2. The maximum atomic E-state index is 6.14. The molecule has 0 aliphatic rings. The molecule has 18 heavy (non-hydrogen) atoms. The van der Waals surface area contributed by atoms with Gasteiger partial charge in [-0.2, -0.15) is 0 Å². The quantitative estimate of drug-likeness (QED) is 0.697. The van der Waals surface area contributed by atoms with E-state index in [1.54, 1.807) is 11.3 Å². The van der Waals surface area contributed by atoms with Crippen LogP contribution in [0, 0.1) is 11.3 Å². The third kappa shape index (κ3) is 4.52. The fourth-order valence-corrected chi connectivity index (χ4v) is 3.61. The second kappa shape index (κ2) is 6.74. The highest BCUT2D eigenvalue weighted by Crippen LogP contribution is 2.39. The molecule has 1 nitrogen and oxygen atoms in total. The molecule has 104 valence electrons. The van der Waals surface area contributed by atoms with Crippen molar-refractivity contribution in [3.63, 3.8) is 0 Å². The van der Waals surface area contributed by atoms with Crippen molar-refractivity contribution in [3.05, 3.63) is 19.8 Å². The molecule has 1 N–H and O–H groups in total. The Bertz CT molecular complexity index is 364. The van der Waals surface area contributed by atoms with Gasteiger partial charge in [-0.25, -0.2) is 0 Å². The lowest BCUT2D eigenvalue weighted by atomic mass is 9.78. The molecule has 0 fully saturated rings. The van der Waals surface area contributed by atoms with E-state index in [9.17, 15) is 0 Å². The molecular formula is C14H23BrClNS. The largest absolute Gasteiger partial charge is 0.310 e. The number of rotatable bonds is 5. The number of hydrogen-bond acceptors (Lipinski definition) is 2. The van der Waals surface area contributed by atoms with Crippen LogP contribution in [0.15, 0.2) is 10.5 Å². The maximum absolute atomic E-state index is 6.14. The van der Waals surface area contributed by atoms with Crippen molar-refractivity contribution < 1.29 is 0 Å². The normalized spacial score (nSPS) is 15.7. The Hall–Kier alpha value is 0.430. The summed E-state index contributed by atoms with van der Waals surface area (Å²) in [6.07, 6.45) is 1.14. The molecule has 4 heteroatoms. The highest BCUT2D eigenvalue weighted by molar-refractivity contribution is 9.10. The van der Waals surface area contributed by atoms with E-state index in [1.165, 1.54) is 4.88 Å². The van der Waals surface area contributed by atoms with Gasteiger partial charge in [0.1, 0.15) is 4.34 Å². The van der Waals surface area contributed by atoms with Crippen molar-refractivity contribution in [1.29, 1.82) is 0 Å². The van der Waals surface area contributed by atoms with Crippen LogP contribution in [0.5, 0.6) is 0 Å². The predicted molar refractivity (Wildman–Crippen MR) is 86.7 cm³/mol. The lowest BCUT2D eigenvalue weighted by Gasteiger charge is -2.30. The minimum absolute atomic E-state index is 0.339. The molecule has 1 aromatic heterocycles. The van der Waals surface area contributed by atoms with Crippen molar-refractivity contribution in [1.82, 2.24) is 5.32 Å². The average molecular weight is 353 g/mol. The van der Waals surface area contributed by atoms with E-state index >= 15 is 0 Å². The number of thiophene rings is 1. The smallest absolute Gasteiger partial charge is 0.107 e. The first-order chi connectivity index (χ1) is 8.25. The predicted octanol–water partition coefficient (Wildman–Crippen LogP) is 5.89. The van der Waals surface area contributed by atoms with Gasteiger partial charge in [-0.3, -0.25) is 0 Å². The zero-order valence-corrected chi connectivity index (χ0v) is 15.0. The Morgan fingerprint density at radius 2 is 2.06 bits per heavy atom. The summed E-state index contributed by atoms with van der Waals surface area (Å²) in [5, 5.41) is 3.57. The van der Waals surface area contributed by atoms with Gasteiger partial charge in [0.25, 0.3) is 0 Å². The summed E-state index contributed by atoms with van der Waals surface area (Å²) in [6, 6.07) is 2.55. The van der Waals surface area contributed by atoms with Crippen molar-refractivity contribution in [2.24, 2.45) is 11.3 Å². The lowest BCUT2D eigenvalue weighted by Crippen LogP contribution is -2.26. The van der Waals surface area contributed by atoms with Gasteiger partial charge < -0.3 is 5.32 Å². The van der Waals surface area contributed by atoms with Crippen LogP contribution < -0.4 is 5.32 Å². The van der Waals surface area contributed by atoms with Gasteiger partial charge in [0.15, 0.2) is 0 Å². The van der Waals surface area contributed by atoms with Crippen LogP contribution in [-0.4, -0.2) is 6.54 Å². The van der Waals surface area contributed by atoms with Crippen molar-refractivity contribution in [2.45, 2.75) is 47.1 Å². The van der Waals surface area contributed by atoms with Gasteiger partial charge >= 0.3 is 0 Å². The number of nitrogens with one attached hydrogen (secondary N) is 1. The van der Waals surface area contributed by atoms with Crippen LogP contribution in [0.1, 0.15) is 52.0 Å². The number of hydrogen-bond donors (Lipinski definition) is 1. The first-order valence-electron chi connectivity index (χ1n) is 6.43. The van der Waals surface area contributed by atoms with E-state index in [-0.39, 0.29) is 0 Å². The van der Waals surface area contributed by atoms with Crippen LogP contribution in [0.4, 0.5) is 0 Å². The molecular weight excluding hydrogens is 330 g/mol. The summed E-state index contributed by atoms with van der Waals surface area (Å²) in [5.41, 5.74) is 0.339. The molecule has 0 saturated carbocycles. The molecule has 1 aromatic rings. The maximum Gasteiger partial charge on any atom is 0.107 e. The van der Waals surface area contributed by atoms with Crippen molar-refractivity contribution >= 4 is 38.9 Å². The monoisotopic (exact) mass is 351 g/mol. The SMILES string of the molecule is CCNC(CC(C)C(C)(C)C)c1cc(Br)c(Cl)s1. The molecule has 2 unspecified atom stereocenters. The Labute approximate surface area is 128 Å². The van der Waals surface area contributed by atoms with Gasteiger partial charge in [-0.1, -0.05) is 46.2 Å². The zero-order chi connectivity index (χ0) is 13.9. The Balaban J connectivity index is 2.83. The first kappa shape index (κ1) is 16.5. The van der Waals surface area contributed by atoms with Gasteiger partial charge in [0.05, 0.1) is 0 Å². The molecule has 0 bridgehead atoms. The van der Waals surface area contributed by atoms with Crippen LogP contribution in [0.25, 0.3) is 0 Å². The Morgan fingerprint density at radius 1 is 1.44 bits per heavy atom. The highest BCUT2D eigenvalue weighted by Gasteiger charge is 2.25. The molecule has 0 aliphatic heterocycles. The van der Waals surface area contributed by atoms with E-state index in [2.05, 4.69) is 61.9 Å². The minimum Gasteiger partial charge on any atom is -0.310 e.